The fourth-order valence-corrected chi connectivity index (χ4v) is 2.46. The lowest BCUT2D eigenvalue weighted by Gasteiger charge is -2.16. The van der Waals surface area contributed by atoms with Crippen molar-refractivity contribution in [1.82, 2.24) is 4.98 Å². The number of aliphatic hydroxyl groups is 1. The van der Waals surface area contributed by atoms with E-state index < -0.39 is 17.8 Å². The highest BCUT2D eigenvalue weighted by molar-refractivity contribution is 5.87. The van der Waals surface area contributed by atoms with Crippen molar-refractivity contribution in [2.75, 3.05) is 0 Å². The molecule has 1 atom stereocenters. The number of hydrogen-bond acceptors (Lipinski definition) is 2. The van der Waals surface area contributed by atoms with Gasteiger partial charge in [-0.15, -0.1) is 0 Å². The number of hydrogen-bond donors (Lipinski definition) is 1. The molecule has 0 fully saturated rings. The van der Waals surface area contributed by atoms with Gasteiger partial charge in [0.05, 0.1) is 5.56 Å². The number of halogens is 3. The Bertz CT molecular complexity index is 800. The van der Waals surface area contributed by atoms with Gasteiger partial charge in [0, 0.05) is 12.4 Å². The summed E-state index contributed by atoms with van der Waals surface area (Å²) in [7, 11) is 0. The first-order chi connectivity index (χ1) is 10.5. The van der Waals surface area contributed by atoms with Crippen LogP contribution in [0.25, 0.3) is 10.8 Å². The van der Waals surface area contributed by atoms with E-state index in [9.17, 15) is 18.3 Å². The van der Waals surface area contributed by atoms with Gasteiger partial charge in [-0.2, -0.15) is 13.2 Å². The summed E-state index contributed by atoms with van der Waals surface area (Å²) in [5.74, 6) is 0. The Morgan fingerprint density at radius 1 is 0.909 bits per heavy atom. The average Bonchev–Trinajstić information content (AvgIpc) is 2.53. The molecule has 112 valence electrons. The van der Waals surface area contributed by atoms with Crippen molar-refractivity contribution in [1.29, 1.82) is 0 Å². The zero-order valence-corrected chi connectivity index (χ0v) is 11.4. The second kappa shape index (κ2) is 5.42. The molecule has 22 heavy (non-hydrogen) atoms. The number of fused-ring (bicyclic) bond motifs is 1. The van der Waals surface area contributed by atoms with Crippen LogP contribution in [0, 0.1) is 0 Å². The van der Waals surface area contributed by atoms with E-state index >= 15 is 0 Å². The molecular formula is C17H12F3NO. The van der Waals surface area contributed by atoms with Gasteiger partial charge in [-0.25, -0.2) is 0 Å². The first-order valence-electron chi connectivity index (χ1n) is 6.64. The largest absolute Gasteiger partial charge is 0.417 e. The van der Waals surface area contributed by atoms with Crippen LogP contribution in [-0.4, -0.2) is 10.1 Å². The first-order valence-corrected chi connectivity index (χ1v) is 6.64. The molecule has 0 radical (unpaired) electrons. The smallest absolute Gasteiger partial charge is 0.384 e. The lowest BCUT2D eigenvalue weighted by atomic mass is 9.95. The van der Waals surface area contributed by atoms with Gasteiger partial charge in [-0.05, 0) is 46.2 Å². The minimum Gasteiger partial charge on any atom is -0.384 e. The van der Waals surface area contributed by atoms with E-state index in [0.717, 1.165) is 6.07 Å². The van der Waals surface area contributed by atoms with E-state index in [1.54, 1.807) is 36.4 Å². The standard InChI is InChI=1S/C17H12F3NO/c18-17(19,20)15-10-13(9-12-3-1-2-4-14(12)15)16(22)11-5-7-21-8-6-11/h1-10,16,22H. The van der Waals surface area contributed by atoms with Crippen LogP contribution in [0.15, 0.2) is 60.9 Å². The second-order valence-corrected chi connectivity index (χ2v) is 4.97. The summed E-state index contributed by atoms with van der Waals surface area (Å²) < 4.78 is 39.8. The monoisotopic (exact) mass is 303 g/mol. The summed E-state index contributed by atoms with van der Waals surface area (Å²) in [6, 6.07) is 12.0. The van der Waals surface area contributed by atoms with Gasteiger partial charge in [0.25, 0.3) is 0 Å². The van der Waals surface area contributed by atoms with Crippen LogP contribution in [0.2, 0.25) is 0 Å². The molecule has 0 aliphatic rings. The van der Waals surface area contributed by atoms with E-state index in [4.69, 9.17) is 0 Å². The van der Waals surface area contributed by atoms with Crippen molar-refractivity contribution in [3.63, 3.8) is 0 Å². The molecule has 0 amide bonds. The van der Waals surface area contributed by atoms with Crippen molar-refractivity contribution in [3.8, 4) is 0 Å². The topological polar surface area (TPSA) is 33.1 Å². The van der Waals surface area contributed by atoms with Crippen molar-refractivity contribution in [2.45, 2.75) is 12.3 Å². The van der Waals surface area contributed by atoms with Crippen molar-refractivity contribution < 1.29 is 18.3 Å². The highest BCUT2D eigenvalue weighted by atomic mass is 19.4. The fraction of sp³-hybridized carbons (Fsp3) is 0.118. The summed E-state index contributed by atoms with van der Waals surface area (Å²) in [6.07, 6.45) is -2.63. The van der Waals surface area contributed by atoms with Crippen LogP contribution >= 0.6 is 0 Å². The zero-order valence-electron chi connectivity index (χ0n) is 11.4. The van der Waals surface area contributed by atoms with E-state index in [1.165, 1.54) is 18.5 Å². The lowest BCUT2D eigenvalue weighted by molar-refractivity contribution is -0.136. The zero-order chi connectivity index (χ0) is 15.7. The van der Waals surface area contributed by atoms with Crippen molar-refractivity contribution in [2.24, 2.45) is 0 Å². The molecule has 0 saturated carbocycles. The maximum absolute atomic E-state index is 13.3. The summed E-state index contributed by atoms with van der Waals surface area (Å²) in [6.45, 7) is 0. The SMILES string of the molecule is OC(c1ccncc1)c1cc(C(F)(F)F)c2ccccc2c1. The number of aliphatic hydroxyl groups excluding tert-OH is 1. The van der Waals surface area contributed by atoms with E-state index in [-0.39, 0.29) is 10.9 Å². The molecule has 0 saturated heterocycles. The van der Waals surface area contributed by atoms with Crippen molar-refractivity contribution in [3.05, 3.63) is 77.6 Å². The predicted octanol–water partition coefficient (Wildman–Crippen LogP) is 4.34. The number of aromatic nitrogens is 1. The van der Waals surface area contributed by atoms with E-state index in [2.05, 4.69) is 4.98 Å². The van der Waals surface area contributed by atoms with Crippen LogP contribution in [0.4, 0.5) is 13.2 Å². The van der Waals surface area contributed by atoms with Gasteiger partial charge in [0.2, 0.25) is 0 Å². The minimum absolute atomic E-state index is 0.126. The Labute approximate surface area is 124 Å². The van der Waals surface area contributed by atoms with Crippen molar-refractivity contribution >= 4 is 10.8 Å². The summed E-state index contributed by atoms with van der Waals surface area (Å²) >= 11 is 0. The van der Waals surface area contributed by atoms with Gasteiger partial charge in [-0.1, -0.05) is 24.3 Å². The first kappa shape index (κ1) is 14.5. The maximum Gasteiger partial charge on any atom is 0.417 e. The third-order valence-electron chi connectivity index (χ3n) is 3.53. The molecular weight excluding hydrogens is 291 g/mol. The summed E-state index contributed by atoms with van der Waals surface area (Å²) in [5.41, 5.74) is -0.0377. The van der Waals surface area contributed by atoms with Crippen LogP contribution < -0.4 is 0 Å². The number of rotatable bonds is 2. The molecule has 3 rings (SSSR count). The Hall–Kier alpha value is -2.40. The number of nitrogens with zero attached hydrogens (tertiary/aromatic N) is 1. The van der Waals surface area contributed by atoms with Gasteiger partial charge in [-0.3, -0.25) is 4.98 Å². The number of pyridine rings is 1. The third kappa shape index (κ3) is 2.67. The molecule has 0 spiro atoms. The molecule has 5 heteroatoms. The average molecular weight is 303 g/mol. The van der Waals surface area contributed by atoms with Gasteiger partial charge < -0.3 is 5.11 Å². The molecule has 0 aliphatic carbocycles. The van der Waals surface area contributed by atoms with Crippen LogP contribution in [-0.2, 0) is 6.18 Å². The summed E-state index contributed by atoms with van der Waals surface area (Å²) in [4.78, 5) is 3.84. The van der Waals surface area contributed by atoms with Gasteiger partial charge >= 0.3 is 6.18 Å². The predicted molar refractivity (Wildman–Crippen MR) is 77.2 cm³/mol. The second-order valence-electron chi connectivity index (χ2n) is 4.97. The maximum atomic E-state index is 13.3. The Balaban J connectivity index is 2.19. The molecule has 3 aromatic rings. The van der Waals surface area contributed by atoms with Crippen LogP contribution in [0.1, 0.15) is 22.8 Å². The molecule has 1 aromatic heterocycles. The van der Waals surface area contributed by atoms with E-state index in [1.807, 2.05) is 0 Å². The molecule has 1 N–H and O–H groups in total. The van der Waals surface area contributed by atoms with Gasteiger partial charge in [0.15, 0.2) is 0 Å². The molecule has 0 aliphatic heterocycles. The Morgan fingerprint density at radius 3 is 2.27 bits per heavy atom. The Kier molecular flexibility index (Phi) is 3.58. The van der Waals surface area contributed by atoms with Gasteiger partial charge in [0.1, 0.15) is 6.10 Å². The van der Waals surface area contributed by atoms with Crippen LogP contribution in [0.5, 0.6) is 0 Å². The molecule has 0 bridgehead atoms. The normalized spacial score (nSPS) is 13.3. The molecule has 1 unspecified atom stereocenters. The Morgan fingerprint density at radius 2 is 1.59 bits per heavy atom. The highest BCUT2D eigenvalue weighted by Gasteiger charge is 2.33. The van der Waals surface area contributed by atoms with E-state index in [0.29, 0.717) is 10.9 Å². The number of benzene rings is 2. The quantitative estimate of drug-likeness (QED) is 0.764. The number of alkyl halides is 3. The third-order valence-corrected chi connectivity index (χ3v) is 3.53. The molecule has 2 nitrogen and oxygen atoms in total. The minimum atomic E-state index is -4.48. The molecule has 1 heterocycles. The van der Waals surface area contributed by atoms with Crippen LogP contribution in [0.3, 0.4) is 0 Å². The molecule has 2 aromatic carbocycles. The lowest BCUT2D eigenvalue weighted by Crippen LogP contribution is -2.09. The fourth-order valence-electron chi connectivity index (χ4n) is 2.46. The summed E-state index contributed by atoms with van der Waals surface area (Å²) in [5, 5.41) is 10.9. The highest BCUT2D eigenvalue weighted by Crippen LogP contribution is 2.37.